The van der Waals surface area contributed by atoms with Crippen molar-refractivity contribution in [2.75, 3.05) is 13.7 Å². The Morgan fingerprint density at radius 1 is 1.25 bits per heavy atom. The Balaban J connectivity index is 0.000000775. The second-order valence-corrected chi connectivity index (χ2v) is 7.31. The molecule has 0 radical (unpaired) electrons. The third kappa shape index (κ3) is 4.20. The molecule has 0 saturated heterocycles. The minimum atomic E-state index is -0.250. The summed E-state index contributed by atoms with van der Waals surface area (Å²) in [6, 6.07) is 5.98. The number of benzene rings is 1. The quantitative estimate of drug-likeness (QED) is 0.485. The number of rotatable bonds is 4. The molecule has 1 aliphatic heterocycles. The van der Waals surface area contributed by atoms with Gasteiger partial charge < -0.3 is 23.9 Å². The molecule has 10 nitrogen and oxygen atoms in total. The lowest BCUT2D eigenvalue weighted by Gasteiger charge is -2.26. The van der Waals surface area contributed by atoms with Crippen molar-refractivity contribution in [3.63, 3.8) is 0 Å². The van der Waals surface area contributed by atoms with Crippen LogP contribution in [0.5, 0.6) is 17.2 Å². The Morgan fingerprint density at radius 3 is 2.78 bits per heavy atom. The first-order valence-corrected chi connectivity index (χ1v) is 9.90. The van der Waals surface area contributed by atoms with Crippen LogP contribution >= 0.6 is 0 Å². The van der Waals surface area contributed by atoms with Crippen molar-refractivity contribution in [1.82, 2.24) is 24.3 Å². The third-order valence-corrected chi connectivity index (χ3v) is 4.94. The lowest BCUT2D eigenvalue weighted by molar-refractivity contribution is -0.122. The number of carboxylic acid groups (broad SMARTS) is 1. The van der Waals surface area contributed by atoms with Gasteiger partial charge in [0.15, 0.2) is 17.1 Å². The summed E-state index contributed by atoms with van der Waals surface area (Å²) in [6.07, 6.45) is 7.43. The van der Waals surface area contributed by atoms with Crippen LogP contribution in [-0.4, -0.2) is 55.7 Å². The molecule has 1 atom stereocenters. The van der Waals surface area contributed by atoms with Gasteiger partial charge in [-0.15, -0.1) is 0 Å². The van der Waals surface area contributed by atoms with Crippen molar-refractivity contribution in [2.24, 2.45) is 7.05 Å². The van der Waals surface area contributed by atoms with E-state index >= 15 is 0 Å². The Bertz CT molecular complexity index is 1230. The van der Waals surface area contributed by atoms with Gasteiger partial charge in [0.25, 0.3) is 6.47 Å². The zero-order chi connectivity index (χ0) is 22.7. The first-order chi connectivity index (χ1) is 15.5. The SMILES string of the molecule is COc1cc(Cn2cnc3cc(-c4cnn(C)c4)cnc32)cc2c1OC(C)CO2.O=CO. The highest BCUT2D eigenvalue weighted by atomic mass is 16.6. The van der Waals surface area contributed by atoms with E-state index in [0.29, 0.717) is 30.4 Å². The molecule has 1 aliphatic rings. The molecular formula is C22H23N5O5. The molecular weight excluding hydrogens is 414 g/mol. The topological polar surface area (TPSA) is 114 Å². The van der Waals surface area contributed by atoms with Crippen molar-refractivity contribution < 1.29 is 24.1 Å². The molecule has 0 aliphatic carbocycles. The summed E-state index contributed by atoms with van der Waals surface area (Å²) in [6.45, 7) is 2.84. The first-order valence-electron chi connectivity index (χ1n) is 9.90. The van der Waals surface area contributed by atoms with Crippen LogP contribution < -0.4 is 14.2 Å². The Labute approximate surface area is 184 Å². The standard InChI is InChI=1S/C21H21N5O3.CH2O2/c1-13-11-28-19-5-14(4-18(27-3)20(19)29-13)9-26-12-23-17-6-15(7-22-21(17)26)16-8-24-25(2)10-16;2-1-3/h4-8,10,12-13H,9,11H2,1-3H3;1H,(H,2,3). The van der Waals surface area contributed by atoms with Crippen LogP contribution in [0.4, 0.5) is 0 Å². The molecule has 1 N–H and O–H groups in total. The molecule has 3 aromatic heterocycles. The van der Waals surface area contributed by atoms with Gasteiger partial charge in [0.1, 0.15) is 18.2 Å². The number of methoxy groups -OCH3 is 1. The van der Waals surface area contributed by atoms with E-state index in [-0.39, 0.29) is 12.6 Å². The van der Waals surface area contributed by atoms with E-state index in [4.69, 9.17) is 24.1 Å². The molecule has 10 heteroatoms. The normalized spacial score (nSPS) is 14.5. The zero-order valence-electron chi connectivity index (χ0n) is 17.9. The van der Waals surface area contributed by atoms with Crippen molar-refractivity contribution >= 4 is 17.6 Å². The number of aryl methyl sites for hydroxylation is 1. The molecule has 5 rings (SSSR count). The third-order valence-electron chi connectivity index (χ3n) is 4.94. The largest absolute Gasteiger partial charge is 0.493 e. The summed E-state index contributed by atoms with van der Waals surface area (Å²) in [5.74, 6) is 2.03. The Hall–Kier alpha value is -4.08. The van der Waals surface area contributed by atoms with Gasteiger partial charge in [0, 0.05) is 30.6 Å². The van der Waals surface area contributed by atoms with E-state index in [1.165, 1.54) is 0 Å². The Morgan fingerprint density at radius 2 is 2.06 bits per heavy atom. The van der Waals surface area contributed by atoms with Crippen LogP contribution in [0.25, 0.3) is 22.3 Å². The molecule has 166 valence electrons. The number of hydrogen-bond donors (Lipinski definition) is 1. The molecule has 4 aromatic rings. The number of nitrogens with zero attached hydrogens (tertiary/aromatic N) is 5. The van der Waals surface area contributed by atoms with E-state index < -0.39 is 0 Å². The number of imidazole rings is 1. The van der Waals surface area contributed by atoms with Crippen LogP contribution in [0.2, 0.25) is 0 Å². The minimum Gasteiger partial charge on any atom is -0.493 e. The van der Waals surface area contributed by atoms with Gasteiger partial charge in [-0.3, -0.25) is 9.48 Å². The number of carbonyl (C=O) groups is 1. The van der Waals surface area contributed by atoms with Gasteiger partial charge in [-0.25, -0.2) is 9.97 Å². The fourth-order valence-corrected chi connectivity index (χ4v) is 3.53. The van der Waals surface area contributed by atoms with E-state index in [2.05, 4.69) is 15.1 Å². The monoisotopic (exact) mass is 437 g/mol. The summed E-state index contributed by atoms with van der Waals surface area (Å²) in [4.78, 5) is 17.5. The number of hydrogen-bond acceptors (Lipinski definition) is 7. The molecule has 32 heavy (non-hydrogen) atoms. The predicted molar refractivity (Wildman–Crippen MR) is 116 cm³/mol. The lowest BCUT2D eigenvalue weighted by Crippen LogP contribution is -2.26. The molecule has 0 saturated carbocycles. The number of pyridine rings is 1. The second kappa shape index (κ2) is 8.96. The van der Waals surface area contributed by atoms with Crippen LogP contribution in [0, 0.1) is 0 Å². The molecule has 0 bridgehead atoms. The van der Waals surface area contributed by atoms with Gasteiger partial charge >= 0.3 is 0 Å². The summed E-state index contributed by atoms with van der Waals surface area (Å²) in [5.41, 5.74) is 4.69. The van der Waals surface area contributed by atoms with Gasteiger partial charge in [-0.05, 0) is 30.7 Å². The van der Waals surface area contributed by atoms with Gasteiger partial charge in [-0.1, -0.05) is 0 Å². The highest BCUT2D eigenvalue weighted by molar-refractivity contribution is 5.77. The first kappa shape index (κ1) is 21.2. The average Bonchev–Trinajstić information content (AvgIpc) is 3.40. The van der Waals surface area contributed by atoms with Crippen molar-refractivity contribution in [1.29, 1.82) is 0 Å². The predicted octanol–water partition coefficient (Wildman–Crippen LogP) is 2.75. The van der Waals surface area contributed by atoms with Crippen LogP contribution in [-0.2, 0) is 18.4 Å². The smallest absolute Gasteiger partial charge is 0.290 e. The van der Waals surface area contributed by atoms with Gasteiger partial charge in [0.2, 0.25) is 5.75 Å². The Kier molecular flexibility index (Phi) is 5.93. The molecule has 1 aromatic carbocycles. The van der Waals surface area contributed by atoms with Gasteiger partial charge in [0.05, 0.1) is 26.2 Å². The summed E-state index contributed by atoms with van der Waals surface area (Å²) in [7, 11) is 3.53. The molecule has 0 spiro atoms. The fraction of sp³-hybridized carbons (Fsp3) is 0.273. The summed E-state index contributed by atoms with van der Waals surface area (Å²) in [5, 5.41) is 11.1. The average molecular weight is 437 g/mol. The molecule has 0 fully saturated rings. The van der Waals surface area contributed by atoms with E-state index in [1.807, 2.05) is 55.3 Å². The van der Waals surface area contributed by atoms with E-state index in [9.17, 15) is 0 Å². The van der Waals surface area contributed by atoms with Crippen LogP contribution in [0.3, 0.4) is 0 Å². The van der Waals surface area contributed by atoms with Gasteiger partial charge in [-0.2, -0.15) is 5.10 Å². The van der Waals surface area contributed by atoms with E-state index in [0.717, 1.165) is 27.9 Å². The number of ether oxygens (including phenoxy) is 3. The van der Waals surface area contributed by atoms with Crippen molar-refractivity contribution in [3.8, 4) is 28.4 Å². The summed E-state index contributed by atoms with van der Waals surface area (Å²) >= 11 is 0. The molecule has 4 heterocycles. The summed E-state index contributed by atoms with van der Waals surface area (Å²) < 4.78 is 21.0. The maximum Gasteiger partial charge on any atom is 0.290 e. The maximum absolute atomic E-state index is 8.36. The van der Waals surface area contributed by atoms with Crippen LogP contribution in [0.15, 0.2) is 43.1 Å². The second-order valence-electron chi connectivity index (χ2n) is 7.31. The van der Waals surface area contributed by atoms with Crippen LogP contribution in [0.1, 0.15) is 12.5 Å². The molecule has 0 amide bonds. The number of fused-ring (bicyclic) bond motifs is 2. The van der Waals surface area contributed by atoms with Crippen molar-refractivity contribution in [3.05, 3.63) is 48.7 Å². The minimum absolute atomic E-state index is 0.00180. The fourth-order valence-electron chi connectivity index (χ4n) is 3.53. The number of aromatic nitrogens is 5. The molecule has 1 unspecified atom stereocenters. The van der Waals surface area contributed by atoms with Crippen molar-refractivity contribution in [2.45, 2.75) is 19.6 Å². The van der Waals surface area contributed by atoms with E-state index in [1.54, 1.807) is 18.1 Å². The highest BCUT2D eigenvalue weighted by Gasteiger charge is 2.23. The lowest BCUT2D eigenvalue weighted by atomic mass is 10.1. The maximum atomic E-state index is 8.36. The highest BCUT2D eigenvalue weighted by Crippen LogP contribution is 2.41. The zero-order valence-corrected chi connectivity index (χ0v) is 17.9.